The van der Waals surface area contributed by atoms with Crippen molar-refractivity contribution in [1.82, 2.24) is 9.78 Å². The number of halogens is 1. The van der Waals surface area contributed by atoms with E-state index in [9.17, 15) is 4.79 Å². The van der Waals surface area contributed by atoms with Gasteiger partial charge in [-0.1, -0.05) is 59.8 Å². The van der Waals surface area contributed by atoms with Crippen LogP contribution in [0.15, 0.2) is 76.5 Å². The van der Waals surface area contributed by atoms with Crippen LogP contribution in [0.3, 0.4) is 0 Å². The maximum Gasteiger partial charge on any atom is 0.345 e. The molecule has 1 heterocycles. The molecule has 3 aromatic carbocycles. The smallest absolute Gasteiger partial charge is 0.345 e. The van der Waals surface area contributed by atoms with Gasteiger partial charge in [0.15, 0.2) is 0 Å². The van der Waals surface area contributed by atoms with E-state index in [1.54, 1.807) is 10.7 Å². The van der Waals surface area contributed by atoms with Crippen molar-refractivity contribution in [2.45, 2.75) is 43.0 Å². The van der Waals surface area contributed by atoms with Crippen LogP contribution in [0.2, 0.25) is 5.02 Å². The summed E-state index contributed by atoms with van der Waals surface area (Å²) in [6.45, 7) is 8.03. The maximum absolute atomic E-state index is 13.3. The number of nitrogens with zero attached hydrogens (tertiary/aromatic N) is 2. The monoisotopic (exact) mass is 450 g/mol. The van der Waals surface area contributed by atoms with E-state index in [-0.39, 0.29) is 5.54 Å². The highest BCUT2D eigenvalue weighted by molar-refractivity contribution is 7.99. The molecule has 0 bridgehead atoms. The Hall–Kier alpha value is -2.76. The summed E-state index contributed by atoms with van der Waals surface area (Å²) in [5.41, 5.74) is 0.966. The number of hydrogen-bond acceptors (Lipinski definition) is 4. The molecule has 0 aliphatic rings. The summed E-state index contributed by atoms with van der Waals surface area (Å²) < 4.78 is 7.81. The Morgan fingerprint density at radius 1 is 1.00 bits per heavy atom. The highest BCUT2D eigenvalue weighted by Crippen LogP contribution is 2.40. The van der Waals surface area contributed by atoms with Crippen LogP contribution < -0.4 is 4.74 Å². The highest BCUT2D eigenvalue weighted by Gasteiger charge is 2.28. The van der Waals surface area contributed by atoms with E-state index in [1.165, 1.54) is 11.8 Å². The molecule has 0 spiro atoms. The molecule has 31 heavy (non-hydrogen) atoms. The van der Waals surface area contributed by atoms with Crippen molar-refractivity contribution in [2.24, 2.45) is 0 Å². The molecule has 1 aromatic heterocycles. The Labute approximate surface area is 191 Å². The third-order valence-electron chi connectivity index (χ3n) is 4.83. The Kier molecular flexibility index (Phi) is 5.82. The number of hydrogen-bond donors (Lipinski definition) is 0. The molecule has 4 nitrogen and oxygen atoms in total. The second kappa shape index (κ2) is 8.40. The van der Waals surface area contributed by atoms with Gasteiger partial charge in [-0.25, -0.2) is 9.48 Å². The summed E-state index contributed by atoms with van der Waals surface area (Å²) in [5.74, 6) is 0.0445. The molecule has 0 unspecified atom stereocenters. The van der Waals surface area contributed by atoms with Crippen molar-refractivity contribution in [1.29, 1.82) is 0 Å². The first-order valence-corrected chi connectivity index (χ1v) is 11.2. The lowest BCUT2D eigenvalue weighted by Gasteiger charge is -2.22. The number of carbonyl (C=O) groups is 1. The molecule has 0 fully saturated rings. The normalized spacial score (nSPS) is 11.6. The van der Waals surface area contributed by atoms with Crippen LogP contribution in [0, 0.1) is 6.92 Å². The number of rotatable bonds is 4. The first-order chi connectivity index (χ1) is 14.7. The van der Waals surface area contributed by atoms with Crippen LogP contribution in [0.5, 0.6) is 5.88 Å². The van der Waals surface area contributed by atoms with Crippen LogP contribution in [0.25, 0.3) is 10.8 Å². The van der Waals surface area contributed by atoms with E-state index in [0.29, 0.717) is 16.5 Å². The fourth-order valence-electron chi connectivity index (χ4n) is 3.32. The highest BCUT2D eigenvalue weighted by atomic mass is 35.5. The molecule has 0 amide bonds. The molecule has 158 valence electrons. The molecule has 0 aliphatic heterocycles. The molecule has 0 radical (unpaired) electrons. The van der Waals surface area contributed by atoms with Gasteiger partial charge in [-0.15, -0.1) is 0 Å². The lowest BCUT2D eigenvalue weighted by atomic mass is 10.1. The summed E-state index contributed by atoms with van der Waals surface area (Å²) in [4.78, 5) is 15.1. The molecule has 0 saturated heterocycles. The Bertz CT molecular complexity index is 1250. The second-order valence-corrected chi connectivity index (χ2v) is 9.79. The number of aromatic nitrogens is 2. The maximum atomic E-state index is 13.3. The van der Waals surface area contributed by atoms with Gasteiger partial charge < -0.3 is 4.74 Å². The summed E-state index contributed by atoms with van der Waals surface area (Å²) >= 11 is 7.54. The molecule has 0 atom stereocenters. The molecule has 4 aromatic rings. The van der Waals surface area contributed by atoms with Crippen molar-refractivity contribution in [2.75, 3.05) is 0 Å². The van der Waals surface area contributed by atoms with Crippen LogP contribution in [0.1, 0.15) is 36.8 Å². The summed E-state index contributed by atoms with van der Waals surface area (Å²) in [6.07, 6.45) is 0. The zero-order valence-corrected chi connectivity index (χ0v) is 19.4. The Balaban J connectivity index is 1.77. The minimum Gasteiger partial charge on any atom is -0.403 e. The van der Waals surface area contributed by atoms with Gasteiger partial charge in [0.05, 0.1) is 21.7 Å². The largest absolute Gasteiger partial charge is 0.403 e. The van der Waals surface area contributed by atoms with Gasteiger partial charge in [0.25, 0.3) is 0 Å². The van der Waals surface area contributed by atoms with Gasteiger partial charge in [0.1, 0.15) is 0 Å². The molecule has 0 N–H and O–H groups in total. The number of ether oxygens (including phenoxy) is 1. The van der Waals surface area contributed by atoms with E-state index < -0.39 is 5.97 Å². The van der Waals surface area contributed by atoms with Crippen LogP contribution in [0.4, 0.5) is 0 Å². The molecular weight excluding hydrogens is 428 g/mol. The fraction of sp³-hybridized carbons (Fsp3) is 0.200. The van der Waals surface area contributed by atoms with Crippen LogP contribution in [-0.4, -0.2) is 15.7 Å². The van der Waals surface area contributed by atoms with Gasteiger partial charge in [-0.05, 0) is 68.8 Å². The van der Waals surface area contributed by atoms with Crippen molar-refractivity contribution in [3.63, 3.8) is 0 Å². The van der Waals surface area contributed by atoms with E-state index in [2.05, 4.69) is 0 Å². The fourth-order valence-corrected chi connectivity index (χ4v) is 4.36. The number of fused-ring (bicyclic) bond motifs is 1. The third kappa shape index (κ3) is 4.48. The molecule has 0 aliphatic carbocycles. The van der Waals surface area contributed by atoms with Gasteiger partial charge in [0.2, 0.25) is 5.88 Å². The van der Waals surface area contributed by atoms with E-state index in [4.69, 9.17) is 21.4 Å². The second-order valence-electron chi connectivity index (χ2n) is 8.27. The summed E-state index contributed by atoms with van der Waals surface area (Å²) in [7, 11) is 0. The number of benzene rings is 3. The lowest BCUT2D eigenvalue weighted by molar-refractivity contribution is 0.0706. The minimum atomic E-state index is -0.403. The quantitative estimate of drug-likeness (QED) is 0.310. The number of carbonyl (C=O) groups excluding carboxylic acids is 1. The molecular formula is C25H23ClN2O2S. The number of esters is 1. The van der Waals surface area contributed by atoms with E-state index >= 15 is 0 Å². The van der Waals surface area contributed by atoms with E-state index in [0.717, 1.165) is 26.3 Å². The third-order valence-corrected chi connectivity index (χ3v) is 6.27. The molecule has 6 heteroatoms. The SMILES string of the molecule is Cc1nn(C(C)(C)C)c(OC(=O)c2cccc3ccccc23)c1Sc1ccc(Cl)cc1. The predicted molar refractivity (Wildman–Crippen MR) is 126 cm³/mol. The Morgan fingerprint density at radius 2 is 1.68 bits per heavy atom. The van der Waals surface area contributed by atoms with Crippen molar-refractivity contribution in [3.8, 4) is 5.88 Å². The predicted octanol–water partition coefficient (Wildman–Crippen LogP) is 7.12. The average Bonchev–Trinajstić information content (AvgIpc) is 3.05. The summed E-state index contributed by atoms with van der Waals surface area (Å²) in [6, 6.07) is 21.0. The van der Waals surface area contributed by atoms with Crippen molar-refractivity contribution >= 4 is 40.1 Å². The van der Waals surface area contributed by atoms with Crippen molar-refractivity contribution < 1.29 is 9.53 Å². The van der Waals surface area contributed by atoms with Gasteiger partial charge in [-0.2, -0.15) is 5.10 Å². The average molecular weight is 451 g/mol. The van der Waals surface area contributed by atoms with Crippen LogP contribution in [-0.2, 0) is 5.54 Å². The molecule has 0 saturated carbocycles. The van der Waals surface area contributed by atoms with Gasteiger partial charge >= 0.3 is 5.97 Å². The Morgan fingerprint density at radius 3 is 2.39 bits per heavy atom. The standard InChI is InChI=1S/C25H23ClN2O2S/c1-16-22(31-19-14-12-18(26)13-15-19)23(28(27-16)25(2,3)4)30-24(29)21-11-7-9-17-8-5-6-10-20(17)21/h5-15H,1-4H3. The van der Waals surface area contributed by atoms with Crippen molar-refractivity contribution in [3.05, 3.63) is 83.0 Å². The lowest BCUT2D eigenvalue weighted by Crippen LogP contribution is -2.25. The first kappa shape index (κ1) is 21.5. The zero-order chi connectivity index (χ0) is 22.2. The topological polar surface area (TPSA) is 44.1 Å². The van der Waals surface area contributed by atoms with E-state index in [1.807, 2.05) is 88.4 Å². The first-order valence-electron chi connectivity index (χ1n) is 9.97. The summed E-state index contributed by atoms with van der Waals surface area (Å²) in [5, 5.41) is 7.23. The van der Waals surface area contributed by atoms with Crippen LogP contribution >= 0.6 is 23.4 Å². The zero-order valence-electron chi connectivity index (χ0n) is 17.8. The molecule has 4 rings (SSSR count). The number of aryl methyl sites for hydroxylation is 1. The minimum absolute atomic E-state index is 0.363. The van der Waals surface area contributed by atoms with Gasteiger partial charge in [0, 0.05) is 9.92 Å². The van der Waals surface area contributed by atoms with Gasteiger partial charge in [-0.3, -0.25) is 0 Å².